The molecule has 0 atom stereocenters. The molecule has 6 heteroatoms. The predicted molar refractivity (Wildman–Crippen MR) is 109 cm³/mol. The summed E-state index contributed by atoms with van der Waals surface area (Å²) in [4.78, 5) is 31.6. The molecular formula is C22H23N3O3. The Balaban J connectivity index is 1.81. The van der Waals surface area contributed by atoms with E-state index in [1.165, 1.54) is 6.20 Å². The monoisotopic (exact) mass is 377 g/mol. The van der Waals surface area contributed by atoms with Crippen LogP contribution in [-0.2, 0) is 13.0 Å². The first-order chi connectivity index (χ1) is 13.5. The van der Waals surface area contributed by atoms with E-state index in [1.807, 2.05) is 44.2 Å². The van der Waals surface area contributed by atoms with Gasteiger partial charge in [0, 0.05) is 41.3 Å². The van der Waals surface area contributed by atoms with Crippen LogP contribution in [0.4, 0.5) is 0 Å². The average Bonchev–Trinajstić information content (AvgIpc) is 2.72. The van der Waals surface area contributed by atoms with E-state index in [1.54, 1.807) is 19.4 Å². The fraction of sp³-hybridized carbons (Fsp3) is 0.227. The molecular weight excluding hydrogens is 354 g/mol. The molecule has 2 aromatic heterocycles. The molecule has 3 rings (SSSR count). The second kappa shape index (κ2) is 8.52. The molecule has 0 fully saturated rings. The summed E-state index contributed by atoms with van der Waals surface area (Å²) >= 11 is 0. The molecule has 1 amide bonds. The number of benzene rings is 1. The molecule has 0 bridgehead atoms. The summed E-state index contributed by atoms with van der Waals surface area (Å²) in [6, 6.07) is 11.2. The Morgan fingerprint density at radius 3 is 2.79 bits per heavy atom. The molecule has 6 nitrogen and oxygen atoms in total. The zero-order valence-corrected chi connectivity index (χ0v) is 16.2. The van der Waals surface area contributed by atoms with Gasteiger partial charge in [-0.1, -0.05) is 19.1 Å². The third-order valence-electron chi connectivity index (χ3n) is 4.59. The number of hydrogen-bond donors (Lipinski definition) is 2. The number of aryl methyl sites for hydroxylation is 2. The molecule has 1 aromatic carbocycles. The van der Waals surface area contributed by atoms with Crippen LogP contribution in [0.3, 0.4) is 0 Å². The topological polar surface area (TPSA) is 84.1 Å². The number of nitrogens with one attached hydrogen (secondary N) is 2. The van der Waals surface area contributed by atoms with Crippen LogP contribution in [0.5, 0.6) is 5.75 Å². The Morgan fingerprint density at radius 1 is 1.21 bits per heavy atom. The Hall–Kier alpha value is -3.41. The molecule has 0 saturated heterocycles. The summed E-state index contributed by atoms with van der Waals surface area (Å²) in [6.45, 7) is 4.16. The fourth-order valence-corrected chi connectivity index (χ4v) is 3.01. The van der Waals surface area contributed by atoms with Crippen LogP contribution in [0.25, 0.3) is 11.1 Å². The van der Waals surface area contributed by atoms with Crippen molar-refractivity contribution in [2.75, 3.05) is 7.11 Å². The lowest BCUT2D eigenvalue weighted by molar-refractivity contribution is 0.0950. The third kappa shape index (κ3) is 4.28. The van der Waals surface area contributed by atoms with Gasteiger partial charge in [0.1, 0.15) is 5.75 Å². The van der Waals surface area contributed by atoms with Gasteiger partial charge in [-0.15, -0.1) is 0 Å². The number of pyridine rings is 2. The number of H-pyrrole nitrogens is 1. The van der Waals surface area contributed by atoms with E-state index < -0.39 is 0 Å². The summed E-state index contributed by atoms with van der Waals surface area (Å²) in [5, 5.41) is 2.90. The van der Waals surface area contributed by atoms with Crippen LogP contribution < -0.4 is 15.6 Å². The highest BCUT2D eigenvalue weighted by Crippen LogP contribution is 2.22. The molecule has 0 saturated carbocycles. The van der Waals surface area contributed by atoms with E-state index in [4.69, 9.17) is 4.74 Å². The van der Waals surface area contributed by atoms with Crippen LogP contribution >= 0.6 is 0 Å². The van der Waals surface area contributed by atoms with Gasteiger partial charge < -0.3 is 15.0 Å². The first kappa shape index (κ1) is 19.4. The number of nitrogens with zero attached hydrogens (tertiary/aromatic N) is 1. The van der Waals surface area contributed by atoms with Gasteiger partial charge in [0.15, 0.2) is 0 Å². The first-order valence-electron chi connectivity index (χ1n) is 9.11. The van der Waals surface area contributed by atoms with E-state index in [0.29, 0.717) is 24.1 Å². The Bertz CT molecular complexity index is 1060. The predicted octanol–water partition coefficient (Wildman–Crippen LogP) is 3.25. The molecule has 3 aromatic rings. The highest BCUT2D eigenvalue weighted by atomic mass is 16.5. The van der Waals surface area contributed by atoms with Gasteiger partial charge in [-0.2, -0.15) is 0 Å². The minimum atomic E-state index is -0.213. The molecule has 2 N–H and O–H groups in total. The molecule has 144 valence electrons. The number of carbonyl (C=O) groups excluding carboxylic acids is 1. The van der Waals surface area contributed by atoms with Crippen LogP contribution in [0.1, 0.15) is 34.1 Å². The smallest absolute Gasteiger partial charge is 0.253 e. The zero-order valence-electron chi connectivity index (χ0n) is 16.2. The number of aromatic amines is 1. The first-order valence-corrected chi connectivity index (χ1v) is 9.11. The number of carbonyl (C=O) groups is 1. The van der Waals surface area contributed by atoms with Gasteiger partial charge in [-0.05, 0) is 43.2 Å². The van der Waals surface area contributed by atoms with Gasteiger partial charge in [0.2, 0.25) is 0 Å². The lowest BCUT2D eigenvalue weighted by atomic mass is 10.0. The number of aromatic nitrogens is 2. The minimum absolute atomic E-state index is 0.0797. The van der Waals surface area contributed by atoms with E-state index in [2.05, 4.69) is 15.3 Å². The second-order valence-electron chi connectivity index (χ2n) is 6.51. The van der Waals surface area contributed by atoms with Gasteiger partial charge in [-0.3, -0.25) is 14.6 Å². The number of ether oxygens (including phenoxy) is 1. The van der Waals surface area contributed by atoms with Crippen molar-refractivity contribution in [2.45, 2.75) is 26.8 Å². The van der Waals surface area contributed by atoms with Crippen molar-refractivity contribution in [3.63, 3.8) is 0 Å². The fourth-order valence-electron chi connectivity index (χ4n) is 3.01. The van der Waals surface area contributed by atoms with Crippen LogP contribution in [-0.4, -0.2) is 23.0 Å². The lowest BCUT2D eigenvalue weighted by Gasteiger charge is -2.10. The van der Waals surface area contributed by atoms with E-state index in [-0.39, 0.29) is 11.5 Å². The van der Waals surface area contributed by atoms with Gasteiger partial charge in [0.05, 0.1) is 12.7 Å². The Morgan fingerprint density at radius 2 is 2.04 bits per heavy atom. The van der Waals surface area contributed by atoms with Crippen LogP contribution in [0.2, 0.25) is 0 Å². The molecule has 0 aliphatic heterocycles. The molecule has 0 radical (unpaired) electrons. The maximum Gasteiger partial charge on any atom is 0.253 e. The van der Waals surface area contributed by atoms with Crippen molar-refractivity contribution in [2.24, 2.45) is 0 Å². The van der Waals surface area contributed by atoms with Gasteiger partial charge in [-0.25, -0.2) is 0 Å². The number of hydrogen-bond acceptors (Lipinski definition) is 4. The maximum atomic E-state index is 12.6. The quantitative estimate of drug-likeness (QED) is 0.691. The van der Waals surface area contributed by atoms with Crippen LogP contribution in [0, 0.1) is 6.92 Å². The van der Waals surface area contributed by atoms with Gasteiger partial charge >= 0.3 is 0 Å². The summed E-state index contributed by atoms with van der Waals surface area (Å²) in [5.41, 5.74) is 4.43. The number of rotatable bonds is 6. The normalized spacial score (nSPS) is 10.5. The van der Waals surface area contributed by atoms with Crippen molar-refractivity contribution in [3.8, 4) is 16.9 Å². The molecule has 0 aliphatic carbocycles. The van der Waals surface area contributed by atoms with E-state index in [0.717, 1.165) is 28.1 Å². The lowest BCUT2D eigenvalue weighted by Crippen LogP contribution is -2.23. The summed E-state index contributed by atoms with van der Waals surface area (Å²) in [5.74, 6) is 0.533. The Kier molecular flexibility index (Phi) is 5.89. The van der Waals surface area contributed by atoms with Gasteiger partial charge in [0.25, 0.3) is 11.5 Å². The third-order valence-corrected chi connectivity index (χ3v) is 4.59. The van der Waals surface area contributed by atoms with E-state index in [9.17, 15) is 9.59 Å². The SMILES string of the molecule is CCc1cc(-c2cncc(C(=O)NCc3cccc(OC)c3)c2)c(C)[nH]c1=O. The summed E-state index contributed by atoms with van der Waals surface area (Å²) in [6.07, 6.45) is 3.86. The standard InChI is InChI=1S/C22H23N3O3/c1-4-16-10-20(14(2)25-22(16)27)17-9-18(13-23-12-17)21(26)24-11-15-6-5-7-19(8-15)28-3/h5-10,12-13H,4,11H2,1-3H3,(H,24,26)(H,25,27). The largest absolute Gasteiger partial charge is 0.497 e. The zero-order chi connectivity index (χ0) is 20.1. The molecule has 2 heterocycles. The summed E-state index contributed by atoms with van der Waals surface area (Å²) < 4.78 is 5.20. The van der Waals surface area contributed by atoms with Crippen molar-refractivity contribution in [1.82, 2.24) is 15.3 Å². The Labute approximate surface area is 163 Å². The average molecular weight is 377 g/mol. The second-order valence-corrected chi connectivity index (χ2v) is 6.51. The molecule has 0 aliphatic rings. The summed E-state index contributed by atoms with van der Waals surface area (Å²) in [7, 11) is 1.61. The highest BCUT2D eigenvalue weighted by molar-refractivity contribution is 5.95. The molecule has 0 unspecified atom stereocenters. The maximum absolute atomic E-state index is 12.6. The number of amides is 1. The molecule has 0 spiro atoms. The molecule has 28 heavy (non-hydrogen) atoms. The van der Waals surface area contributed by atoms with Crippen molar-refractivity contribution >= 4 is 5.91 Å². The van der Waals surface area contributed by atoms with Crippen molar-refractivity contribution < 1.29 is 9.53 Å². The van der Waals surface area contributed by atoms with E-state index >= 15 is 0 Å². The van der Waals surface area contributed by atoms with Crippen LogP contribution in [0.15, 0.2) is 53.6 Å². The highest BCUT2D eigenvalue weighted by Gasteiger charge is 2.11. The van der Waals surface area contributed by atoms with Crippen molar-refractivity contribution in [1.29, 1.82) is 0 Å². The minimum Gasteiger partial charge on any atom is -0.497 e. The number of methoxy groups -OCH3 is 1. The van der Waals surface area contributed by atoms with Crippen molar-refractivity contribution in [3.05, 3.63) is 81.5 Å².